The molecule has 1 aromatic carbocycles. The van der Waals surface area contributed by atoms with Gasteiger partial charge in [-0.1, -0.05) is 12.1 Å². The van der Waals surface area contributed by atoms with Crippen molar-refractivity contribution in [2.75, 3.05) is 7.11 Å². The van der Waals surface area contributed by atoms with Gasteiger partial charge >= 0.3 is 0 Å². The Morgan fingerprint density at radius 1 is 1.30 bits per heavy atom. The Labute approximate surface area is 115 Å². The summed E-state index contributed by atoms with van der Waals surface area (Å²) in [5.41, 5.74) is 5.03. The largest absolute Gasteiger partial charge is 0.493 e. The topological polar surface area (TPSA) is 80.6 Å². The molecule has 20 heavy (non-hydrogen) atoms. The quantitative estimate of drug-likeness (QED) is 0.658. The van der Waals surface area contributed by atoms with Crippen LogP contribution in [-0.2, 0) is 9.59 Å². The minimum atomic E-state index is -0.451. The molecule has 0 atom stereocenters. The Morgan fingerprint density at radius 2 is 2.10 bits per heavy atom. The fraction of sp³-hybridized carbons (Fsp3) is 0.143. The van der Waals surface area contributed by atoms with Gasteiger partial charge in [0.15, 0.2) is 11.3 Å². The van der Waals surface area contributed by atoms with Gasteiger partial charge in [-0.15, -0.1) is 0 Å². The molecule has 2 amide bonds. The Hall–Kier alpha value is -2.76. The Balaban J connectivity index is 2.14. The van der Waals surface area contributed by atoms with E-state index in [1.807, 2.05) is 12.1 Å². The van der Waals surface area contributed by atoms with Crippen molar-refractivity contribution in [3.8, 4) is 5.75 Å². The molecular weight excluding hydrogens is 260 g/mol. The number of benzene rings is 1. The third kappa shape index (κ3) is 3.17. The average Bonchev–Trinajstić information content (AvgIpc) is 2.85. The van der Waals surface area contributed by atoms with Gasteiger partial charge in [0.1, 0.15) is 5.76 Å². The first kappa shape index (κ1) is 13.7. The number of hydrazine groups is 1. The van der Waals surface area contributed by atoms with Crippen LogP contribution >= 0.6 is 0 Å². The summed E-state index contributed by atoms with van der Waals surface area (Å²) in [5, 5.41) is 0.881. The van der Waals surface area contributed by atoms with E-state index in [-0.39, 0.29) is 5.91 Å². The zero-order chi connectivity index (χ0) is 14.5. The van der Waals surface area contributed by atoms with Gasteiger partial charge in [-0.2, -0.15) is 0 Å². The van der Waals surface area contributed by atoms with E-state index in [1.165, 1.54) is 19.1 Å². The number of hydrogen-bond acceptors (Lipinski definition) is 4. The van der Waals surface area contributed by atoms with Gasteiger partial charge in [-0.3, -0.25) is 20.4 Å². The monoisotopic (exact) mass is 274 g/mol. The van der Waals surface area contributed by atoms with Gasteiger partial charge in [-0.05, 0) is 18.2 Å². The van der Waals surface area contributed by atoms with Crippen molar-refractivity contribution in [1.82, 2.24) is 10.9 Å². The first-order valence-electron chi connectivity index (χ1n) is 5.91. The smallest absolute Gasteiger partial charge is 0.262 e. The highest BCUT2D eigenvalue weighted by Crippen LogP contribution is 2.28. The number of rotatable bonds is 3. The van der Waals surface area contributed by atoms with Crippen molar-refractivity contribution in [1.29, 1.82) is 0 Å². The SMILES string of the molecule is COc1cccc2cc(C=CC(=O)NNC(C)=O)oc12. The zero-order valence-electron chi connectivity index (χ0n) is 11.1. The number of fused-ring (bicyclic) bond motifs is 1. The van der Waals surface area contributed by atoms with Gasteiger partial charge < -0.3 is 9.15 Å². The highest BCUT2D eigenvalue weighted by molar-refractivity contribution is 5.93. The second-order valence-electron chi connectivity index (χ2n) is 4.03. The first-order valence-corrected chi connectivity index (χ1v) is 5.91. The van der Waals surface area contributed by atoms with Crippen LogP contribution < -0.4 is 15.6 Å². The number of furan rings is 1. The van der Waals surface area contributed by atoms with Crippen LogP contribution in [0.2, 0.25) is 0 Å². The van der Waals surface area contributed by atoms with E-state index in [4.69, 9.17) is 9.15 Å². The lowest BCUT2D eigenvalue weighted by atomic mass is 10.2. The zero-order valence-corrected chi connectivity index (χ0v) is 11.1. The van der Waals surface area contributed by atoms with E-state index >= 15 is 0 Å². The molecule has 1 aromatic heterocycles. The van der Waals surface area contributed by atoms with Crippen LogP contribution in [0.1, 0.15) is 12.7 Å². The molecule has 0 radical (unpaired) electrons. The molecule has 1 heterocycles. The number of methoxy groups -OCH3 is 1. The van der Waals surface area contributed by atoms with Crippen LogP contribution in [0.3, 0.4) is 0 Å². The number of amides is 2. The average molecular weight is 274 g/mol. The lowest BCUT2D eigenvalue weighted by Crippen LogP contribution is -2.39. The molecule has 2 aromatic rings. The Bertz CT molecular complexity index is 673. The molecule has 6 nitrogen and oxygen atoms in total. The number of nitrogens with one attached hydrogen (secondary N) is 2. The molecule has 0 saturated heterocycles. The maximum atomic E-state index is 11.4. The van der Waals surface area contributed by atoms with Gasteiger partial charge in [-0.25, -0.2) is 0 Å². The fourth-order valence-electron chi connectivity index (χ4n) is 1.65. The van der Waals surface area contributed by atoms with E-state index in [1.54, 1.807) is 19.2 Å². The summed E-state index contributed by atoms with van der Waals surface area (Å²) in [6, 6.07) is 7.33. The number of ether oxygens (including phenoxy) is 1. The van der Waals surface area contributed by atoms with Crippen LogP contribution in [0.25, 0.3) is 17.0 Å². The second-order valence-corrected chi connectivity index (χ2v) is 4.03. The normalized spacial score (nSPS) is 10.7. The minimum Gasteiger partial charge on any atom is -0.493 e. The second kappa shape index (κ2) is 5.92. The molecule has 0 aliphatic heterocycles. The minimum absolute atomic E-state index is 0.347. The van der Waals surface area contributed by atoms with Crippen molar-refractivity contribution in [3.63, 3.8) is 0 Å². The molecule has 0 spiro atoms. The van der Waals surface area contributed by atoms with E-state index in [0.29, 0.717) is 17.1 Å². The summed E-state index contributed by atoms with van der Waals surface area (Å²) in [6.07, 6.45) is 2.77. The third-order valence-corrected chi connectivity index (χ3v) is 2.51. The molecule has 0 aliphatic rings. The van der Waals surface area contributed by atoms with Gasteiger partial charge in [0.25, 0.3) is 5.91 Å². The maximum absolute atomic E-state index is 11.4. The van der Waals surface area contributed by atoms with Crippen molar-refractivity contribution >= 4 is 28.9 Å². The van der Waals surface area contributed by atoms with E-state index in [2.05, 4.69) is 10.9 Å². The van der Waals surface area contributed by atoms with Crippen molar-refractivity contribution < 1.29 is 18.7 Å². The summed E-state index contributed by atoms with van der Waals surface area (Å²) in [6.45, 7) is 1.30. The van der Waals surface area contributed by atoms with Gasteiger partial charge in [0.2, 0.25) is 5.91 Å². The highest BCUT2D eigenvalue weighted by Gasteiger charge is 2.06. The summed E-state index contributed by atoms with van der Waals surface area (Å²) in [7, 11) is 1.56. The summed E-state index contributed by atoms with van der Waals surface area (Å²) in [5.74, 6) is 0.347. The number of carbonyl (C=O) groups is 2. The van der Waals surface area contributed by atoms with E-state index in [9.17, 15) is 9.59 Å². The lowest BCUT2D eigenvalue weighted by molar-refractivity contribution is -0.125. The van der Waals surface area contributed by atoms with Crippen LogP contribution in [0.5, 0.6) is 5.75 Å². The predicted octanol–water partition coefficient (Wildman–Crippen LogP) is 1.62. The van der Waals surface area contributed by atoms with Crippen molar-refractivity contribution in [3.05, 3.63) is 36.1 Å². The molecule has 104 valence electrons. The Kier molecular flexibility index (Phi) is 4.05. The molecule has 2 N–H and O–H groups in total. The molecule has 6 heteroatoms. The molecule has 0 aliphatic carbocycles. The van der Waals surface area contributed by atoms with E-state index in [0.717, 1.165) is 5.39 Å². The van der Waals surface area contributed by atoms with Crippen molar-refractivity contribution in [2.24, 2.45) is 0 Å². The highest BCUT2D eigenvalue weighted by atomic mass is 16.5. The van der Waals surface area contributed by atoms with Gasteiger partial charge in [0, 0.05) is 18.4 Å². The van der Waals surface area contributed by atoms with Crippen molar-refractivity contribution in [2.45, 2.75) is 6.92 Å². The number of carbonyl (C=O) groups excluding carboxylic acids is 2. The summed E-state index contributed by atoms with van der Waals surface area (Å²) in [4.78, 5) is 22.0. The van der Waals surface area contributed by atoms with Gasteiger partial charge in [0.05, 0.1) is 7.11 Å². The Morgan fingerprint density at radius 3 is 2.80 bits per heavy atom. The maximum Gasteiger partial charge on any atom is 0.262 e. The van der Waals surface area contributed by atoms with Crippen LogP contribution in [-0.4, -0.2) is 18.9 Å². The molecule has 2 rings (SSSR count). The molecule has 0 saturated carbocycles. The van der Waals surface area contributed by atoms with E-state index < -0.39 is 5.91 Å². The lowest BCUT2D eigenvalue weighted by Gasteiger charge is -1.99. The van der Waals surface area contributed by atoms with Crippen LogP contribution in [0.15, 0.2) is 34.8 Å². The molecule has 0 fully saturated rings. The number of hydrogen-bond donors (Lipinski definition) is 2. The first-order chi connectivity index (χ1) is 9.60. The van der Waals surface area contributed by atoms with Crippen LogP contribution in [0.4, 0.5) is 0 Å². The fourth-order valence-corrected chi connectivity index (χ4v) is 1.65. The third-order valence-electron chi connectivity index (χ3n) is 2.51. The summed E-state index contributed by atoms with van der Waals surface area (Å²) < 4.78 is 10.8. The standard InChI is InChI=1S/C14H14N2O4/c1-9(17)15-16-13(18)7-6-11-8-10-4-3-5-12(19-2)14(10)20-11/h3-8H,1-2H3,(H,15,17)(H,16,18). The van der Waals surface area contributed by atoms with Crippen LogP contribution in [0, 0.1) is 0 Å². The molecular formula is C14H14N2O4. The molecule has 0 unspecified atom stereocenters. The number of para-hydroxylation sites is 1. The predicted molar refractivity (Wildman–Crippen MR) is 73.8 cm³/mol. The molecule has 0 bridgehead atoms. The summed E-state index contributed by atoms with van der Waals surface area (Å²) >= 11 is 0.